The molecule has 12 heteroatoms. The molecule has 0 fully saturated rings. The Kier molecular flexibility index (Phi) is 11.3. The van der Waals surface area contributed by atoms with E-state index in [4.69, 9.17) is 5.73 Å². The summed E-state index contributed by atoms with van der Waals surface area (Å²) in [5, 5.41) is 0. The number of nitrogens with two attached hydrogens (primary N) is 1. The van der Waals surface area contributed by atoms with Crippen molar-refractivity contribution >= 4 is 226 Å². The average molecular weight is 1400 g/mol. The molecular weight excluding hydrogens is 1390 g/mol. The third-order valence-corrected chi connectivity index (χ3v) is 23.3. The highest BCUT2D eigenvalue weighted by molar-refractivity contribution is 14.3. The molecule has 0 aromatic carbocycles. The summed E-state index contributed by atoms with van der Waals surface area (Å²) >= 11 is 24.1. The van der Waals surface area contributed by atoms with Crippen molar-refractivity contribution in [3.05, 3.63) is 20.1 Å². The molecule has 1 atom stereocenters. The third kappa shape index (κ3) is 5.26. The highest BCUT2D eigenvalue weighted by Gasteiger charge is 2.57. The van der Waals surface area contributed by atoms with E-state index in [1.807, 2.05) is 0 Å². The van der Waals surface area contributed by atoms with Crippen LogP contribution < -0.4 is 5.73 Å². The van der Waals surface area contributed by atoms with Crippen LogP contribution in [0, 0.1) is 14.5 Å². The first kappa shape index (κ1) is 24.4. The van der Waals surface area contributed by atoms with Gasteiger partial charge in [-0.3, -0.25) is 0 Å². The minimum atomic E-state index is -0.509. The fraction of sp³-hybridized carbons (Fsp3) is 0.375. The summed E-state index contributed by atoms with van der Waals surface area (Å²) in [7, 11) is 0. The maximum Gasteiger partial charge on any atom is 0.150 e. The number of nitrogens with zero attached hydrogens (tertiary/aromatic N) is 1. The van der Waals surface area contributed by atoms with Crippen LogP contribution in [0.1, 0.15) is 5.56 Å². The van der Waals surface area contributed by atoms with Crippen molar-refractivity contribution in [1.82, 2.24) is 4.98 Å². The molecule has 1 heterocycles. The molecule has 0 saturated heterocycles. The SMILES string of the molecule is NC(I)(c1c(I)c(I)nc(I)c1I)C(I)(I)C(I)(I)I. The first-order chi connectivity index (χ1) is 8.75. The molecule has 1 aromatic heterocycles. The summed E-state index contributed by atoms with van der Waals surface area (Å²) < 4.78 is 3.62. The molecule has 0 radical (unpaired) electrons. The van der Waals surface area contributed by atoms with E-state index in [0.29, 0.717) is 0 Å². The number of rotatable bonds is 3. The van der Waals surface area contributed by atoms with Gasteiger partial charge in [0.1, 0.15) is 12.4 Å². The van der Waals surface area contributed by atoms with Crippen molar-refractivity contribution in [3.63, 3.8) is 0 Å². The van der Waals surface area contributed by atoms with Crippen LogP contribution in [-0.4, -0.2) is 5.85 Å². The van der Waals surface area contributed by atoms with Crippen LogP contribution in [0.15, 0.2) is 0 Å². The fourth-order valence-electron chi connectivity index (χ4n) is 1.17. The Morgan fingerprint density at radius 2 is 1.10 bits per heavy atom. The van der Waals surface area contributed by atoms with Gasteiger partial charge in [0.2, 0.25) is 0 Å². The summed E-state index contributed by atoms with van der Waals surface area (Å²) in [5.74, 6) is 0. The van der Waals surface area contributed by atoms with E-state index in [1.54, 1.807) is 0 Å². The van der Waals surface area contributed by atoms with Crippen LogP contribution in [0.2, 0.25) is 0 Å². The van der Waals surface area contributed by atoms with Crippen molar-refractivity contribution in [2.45, 2.75) is 4.41 Å². The number of aromatic nitrogens is 1. The van der Waals surface area contributed by atoms with Gasteiger partial charge in [-0.1, -0.05) is 136 Å². The molecule has 2 nitrogen and oxygen atoms in total. The molecule has 0 bridgehead atoms. The number of hydrogen-bond donors (Lipinski definition) is 1. The lowest BCUT2D eigenvalue weighted by Crippen LogP contribution is -2.53. The van der Waals surface area contributed by atoms with Crippen molar-refractivity contribution in [3.8, 4) is 0 Å². The lowest BCUT2D eigenvalue weighted by molar-refractivity contribution is 0.673. The van der Waals surface area contributed by atoms with Crippen LogP contribution in [0.3, 0.4) is 0 Å². The summed E-state index contributed by atoms with van der Waals surface area (Å²) in [5.41, 5.74) is 8.04. The van der Waals surface area contributed by atoms with Crippen molar-refractivity contribution in [2.75, 3.05) is 0 Å². The normalized spacial score (nSPS) is 16.1. The molecule has 1 unspecified atom stereocenters. The van der Waals surface area contributed by atoms with Crippen LogP contribution >= 0.6 is 226 Å². The molecule has 0 saturated carbocycles. The van der Waals surface area contributed by atoms with Gasteiger partial charge in [-0.2, -0.15) is 0 Å². The smallest absolute Gasteiger partial charge is 0.150 e. The number of alkyl halides is 6. The maximum atomic E-state index is 6.85. The Bertz CT molecular complexity index is 509. The summed E-state index contributed by atoms with van der Waals surface area (Å²) in [4.78, 5) is 4.58. The molecule has 114 valence electrons. The van der Waals surface area contributed by atoms with E-state index < -0.39 is 3.55 Å². The number of halogens is 10. The van der Waals surface area contributed by atoms with Gasteiger partial charge in [0.05, 0.1) is 7.14 Å². The Balaban J connectivity index is 3.67. The van der Waals surface area contributed by atoms with Gasteiger partial charge in [-0.25, -0.2) is 4.98 Å². The minimum absolute atomic E-state index is 0.0242. The van der Waals surface area contributed by atoms with Gasteiger partial charge in [0, 0.05) is 5.56 Å². The second-order valence-electron chi connectivity index (χ2n) is 3.48. The summed E-state index contributed by atoms with van der Waals surface area (Å²) in [6, 6.07) is 0. The fourth-order valence-corrected chi connectivity index (χ4v) is 10.1. The van der Waals surface area contributed by atoms with Gasteiger partial charge in [0.25, 0.3) is 0 Å². The molecule has 20 heavy (non-hydrogen) atoms. The van der Waals surface area contributed by atoms with Gasteiger partial charge < -0.3 is 5.73 Å². The topological polar surface area (TPSA) is 38.9 Å². The number of pyridine rings is 1. The Hall–Kier alpha value is 6.41. The zero-order valence-electron chi connectivity index (χ0n) is 8.80. The lowest BCUT2D eigenvalue weighted by Gasteiger charge is -2.43. The van der Waals surface area contributed by atoms with Crippen LogP contribution in [0.5, 0.6) is 0 Å². The molecule has 1 aromatic rings. The molecule has 0 aliphatic heterocycles. The standard InChI is InChI=1S/C8H2I10N2/c9-2-1(3(10)5(12)20-4(2)11)6(13,19)7(14,15)8(16,17)18/h19H2. The lowest BCUT2D eigenvalue weighted by atomic mass is 10.1. The third-order valence-electron chi connectivity index (χ3n) is 2.17. The quantitative estimate of drug-likeness (QED) is 0.147. The predicted molar refractivity (Wildman–Crippen MR) is 171 cm³/mol. The molecule has 0 aliphatic carbocycles. The second kappa shape index (κ2) is 9.27. The van der Waals surface area contributed by atoms with Gasteiger partial charge in [0.15, 0.2) is -0.565 Å². The zero-order chi connectivity index (χ0) is 16.1. The van der Waals surface area contributed by atoms with E-state index in [0.717, 1.165) is 14.5 Å². The summed E-state index contributed by atoms with van der Waals surface area (Å²) in [6.07, 6.45) is 0. The first-order valence-electron chi connectivity index (χ1n) is 4.38. The van der Waals surface area contributed by atoms with Crippen LogP contribution in [-0.2, 0) is 3.55 Å². The van der Waals surface area contributed by atoms with E-state index in [-0.39, 0.29) is 0.864 Å². The monoisotopic (exact) mass is 1400 g/mol. The van der Waals surface area contributed by atoms with Gasteiger partial charge in [-0.05, 0) is 90.4 Å². The van der Waals surface area contributed by atoms with Crippen LogP contribution in [0.25, 0.3) is 0 Å². The van der Waals surface area contributed by atoms with Gasteiger partial charge >= 0.3 is 0 Å². The average Bonchev–Trinajstić information content (AvgIpc) is 2.24. The molecule has 0 aliphatic rings. The highest BCUT2D eigenvalue weighted by Crippen LogP contribution is 2.64. The molecule has 0 spiro atoms. The Morgan fingerprint density at radius 1 is 0.750 bits per heavy atom. The molecule has 0 amide bonds. The van der Waals surface area contributed by atoms with Crippen molar-refractivity contribution in [1.29, 1.82) is 0 Å². The van der Waals surface area contributed by atoms with E-state index in [1.165, 1.54) is 5.56 Å². The zero-order valence-corrected chi connectivity index (χ0v) is 30.4. The first-order valence-corrected chi connectivity index (χ1v) is 15.2. The van der Waals surface area contributed by atoms with E-state index >= 15 is 0 Å². The molecule has 2 N–H and O–H groups in total. The Morgan fingerprint density at radius 3 is 1.40 bits per heavy atom. The summed E-state index contributed by atoms with van der Waals surface area (Å²) in [6.45, 7) is 0. The maximum absolute atomic E-state index is 6.85. The highest BCUT2D eigenvalue weighted by atomic mass is 127. The number of hydrogen-bond acceptors (Lipinski definition) is 2. The van der Waals surface area contributed by atoms with Gasteiger partial charge in [-0.15, -0.1) is 0 Å². The Labute approximate surface area is 254 Å². The minimum Gasteiger partial charge on any atom is -0.311 e. The molecule has 1 rings (SSSR count). The molecular formula is C8H2I10N2. The largest absolute Gasteiger partial charge is 0.311 e. The predicted octanol–water partition coefficient (Wildman–Crippen LogP) is 7.57. The van der Waals surface area contributed by atoms with E-state index in [2.05, 4.69) is 231 Å². The van der Waals surface area contributed by atoms with Crippen molar-refractivity contribution in [2.24, 2.45) is 5.73 Å². The van der Waals surface area contributed by atoms with Crippen LogP contribution in [0.4, 0.5) is 0 Å². The second-order valence-corrected chi connectivity index (χ2v) is 25.7. The van der Waals surface area contributed by atoms with E-state index in [9.17, 15) is 0 Å². The van der Waals surface area contributed by atoms with Crippen molar-refractivity contribution < 1.29 is 0 Å².